The van der Waals surface area contributed by atoms with Gasteiger partial charge in [0.15, 0.2) is 5.78 Å². The van der Waals surface area contributed by atoms with Crippen LogP contribution in [0.5, 0.6) is 0 Å². The van der Waals surface area contributed by atoms with E-state index in [1.807, 2.05) is 0 Å². The minimum absolute atomic E-state index is 0.212. The van der Waals surface area contributed by atoms with Crippen molar-refractivity contribution in [2.24, 2.45) is 5.41 Å². The number of hydrogen-bond acceptors (Lipinski definition) is 1. The van der Waals surface area contributed by atoms with Crippen LogP contribution in [0, 0.1) is 5.41 Å². The maximum Gasteiger partial charge on any atom is 0.156 e. The minimum Gasteiger partial charge on any atom is -0.295 e. The molecule has 0 radical (unpaired) electrons. The summed E-state index contributed by atoms with van der Waals surface area (Å²) >= 11 is 0. The quantitative estimate of drug-likeness (QED) is 0.561. The number of Topliss-reactive ketones (excluding diaryl/α,β-unsaturated/α-hetero) is 1. The van der Waals surface area contributed by atoms with Gasteiger partial charge in [0.2, 0.25) is 0 Å². The van der Waals surface area contributed by atoms with Gasteiger partial charge in [0.05, 0.1) is 0 Å². The average molecular weight is 176 g/mol. The second kappa shape index (κ2) is 3.13. The van der Waals surface area contributed by atoms with Gasteiger partial charge in [0.25, 0.3) is 0 Å². The van der Waals surface area contributed by atoms with Crippen molar-refractivity contribution in [2.45, 2.75) is 39.0 Å². The number of carbonyl (C=O) groups is 1. The first-order valence-corrected chi connectivity index (χ1v) is 5.11. The Morgan fingerprint density at radius 1 is 1.38 bits per heavy atom. The Balaban J connectivity index is 2.30. The van der Waals surface area contributed by atoms with Crippen LogP contribution < -0.4 is 0 Å². The van der Waals surface area contributed by atoms with E-state index in [1.54, 1.807) is 6.92 Å². The highest BCUT2D eigenvalue weighted by molar-refractivity contribution is 5.95. The van der Waals surface area contributed by atoms with Crippen molar-refractivity contribution in [1.29, 1.82) is 0 Å². The van der Waals surface area contributed by atoms with Crippen molar-refractivity contribution in [2.75, 3.05) is 0 Å². The summed E-state index contributed by atoms with van der Waals surface area (Å²) in [5.41, 5.74) is 1.31. The molecule has 2 aliphatic carbocycles. The predicted molar refractivity (Wildman–Crippen MR) is 53.4 cm³/mol. The Morgan fingerprint density at radius 3 is 2.69 bits per heavy atom. The van der Waals surface area contributed by atoms with Crippen LogP contribution in [-0.2, 0) is 4.79 Å². The number of hydrogen-bond donors (Lipinski definition) is 0. The van der Waals surface area contributed by atoms with Crippen molar-refractivity contribution in [3.8, 4) is 0 Å². The van der Waals surface area contributed by atoms with Gasteiger partial charge in [-0.3, -0.25) is 4.79 Å². The van der Waals surface area contributed by atoms with Gasteiger partial charge in [-0.05, 0) is 44.6 Å². The van der Waals surface area contributed by atoms with Crippen LogP contribution >= 0.6 is 0 Å². The lowest BCUT2D eigenvalue weighted by Gasteiger charge is -2.34. The van der Waals surface area contributed by atoms with Crippen LogP contribution in [0.4, 0.5) is 0 Å². The smallest absolute Gasteiger partial charge is 0.156 e. The molecule has 0 saturated heterocycles. The summed E-state index contributed by atoms with van der Waals surface area (Å²) in [6.45, 7) is 1.71. The van der Waals surface area contributed by atoms with Crippen molar-refractivity contribution in [1.82, 2.24) is 0 Å². The third kappa shape index (κ3) is 1.37. The summed E-state index contributed by atoms with van der Waals surface area (Å²) in [7, 11) is 0. The predicted octanol–water partition coefficient (Wildman–Crippen LogP) is 3.02. The van der Waals surface area contributed by atoms with Crippen LogP contribution in [0.25, 0.3) is 0 Å². The number of rotatable bonds is 1. The third-order valence-electron chi connectivity index (χ3n) is 3.34. The SMILES string of the molecule is CC(=O)C1=CCCCC12CC=CC2. The zero-order chi connectivity index (χ0) is 9.31. The molecular formula is C12H16O. The Hall–Kier alpha value is -0.850. The molecule has 0 atom stereocenters. The number of allylic oxidation sites excluding steroid dienone is 4. The highest BCUT2D eigenvalue weighted by atomic mass is 16.1. The molecule has 0 N–H and O–H groups in total. The zero-order valence-corrected chi connectivity index (χ0v) is 8.18. The molecule has 0 amide bonds. The highest BCUT2D eigenvalue weighted by Gasteiger charge is 2.37. The normalized spacial score (nSPS) is 24.8. The maximum atomic E-state index is 11.5. The fourth-order valence-corrected chi connectivity index (χ4v) is 2.68. The molecule has 70 valence electrons. The third-order valence-corrected chi connectivity index (χ3v) is 3.34. The molecule has 0 heterocycles. The van der Waals surface area contributed by atoms with Crippen molar-refractivity contribution in [3.63, 3.8) is 0 Å². The Bertz CT molecular complexity index is 275. The van der Waals surface area contributed by atoms with Gasteiger partial charge in [-0.1, -0.05) is 18.2 Å². The molecule has 0 fully saturated rings. The summed E-state index contributed by atoms with van der Waals surface area (Å²) in [4.78, 5) is 11.5. The molecule has 0 saturated carbocycles. The lowest BCUT2D eigenvalue weighted by Crippen LogP contribution is -2.26. The van der Waals surface area contributed by atoms with E-state index in [4.69, 9.17) is 0 Å². The van der Waals surface area contributed by atoms with Gasteiger partial charge >= 0.3 is 0 Å². The van der Waals surface area contributed by atoms with E-state index >= 15 is 0 Å². The van der Waals surface area contributed by atoms with E-state index in [2.05, 4.69) is 18.2 Å². The molecule has 0 aliphatic heterocycles. The van der Waals surface area contributed by atoms with E-state index < -0.39 is 0 Å². The second-order valence-corrected chi connectivity index (χ2v) is 4.23. The molecule has 0 aromatic rings. The first kappa shape index (κ1) is 8.74. The number of carbonyl (C=O) groups excluding carboxylic acids is 1. The zero-order valence-electron chi connectivity index (χ0n) is 8.18. The van der Waals surface area contributed by atoms with E-state index in [1.165, 1.54) is 12.8 Å². The molecule has 2 aliphatic rings. The van der Waals surface area contributed by atoms with Crippen LogP contribution in [0.3, 0.4) is 0 Å². The minimum atomic E-state index is 0.212. The van der Waals surface area contributed by atoms with Gasteiger partial charge in [-0.25, -0.2) is 0 Å². The summed E-state index contributed by atoms with van der Waals surface area (Å²) in [6.07, 6.45) is 12.3. The Kier molecular flexibility index (Phi) is 2.10. The van der Waals surface area contributed by atoms with Gasteiger partial charge in [-0.2, -0.15) is 0 Å². The van der Waals surface area contributed by atoms with Crippen molar-refractivity contribution >= 4 is 5.78 Å². The van der Waals surface area contributed by atoms with E-state index in [9.17, 15) is 4.79 Å². The van der Waals surface area contributed by atoms with Gasteiger partial charge < -0.3 is 0 Å². The molecule has 0 unspecified atom stereocenters. The van der Waals surface area contributed by atoms with Crippen molar-refractivity contribution < 1.29 is 4.79 Å². The van der Waals surface area contributed by atoms with E-state index in [0.717, 1.165) is 24.8 Å². The topological polar surface area (TPSA) is 17.1 Å². The monoisotopic (exact) mass is 176 g/mol. The summed E-state index contributed by atoms with van der Waals surface area (Å²) in [5.74, 6) is 0.281. The van der Waals surface area contributed by atoms with Crippen molar-refractivity contribution in [3.05, 3.63) is 23.8 Å². The van der Waals surface area contributed by atoms with Crippen LogP contribution in [0.15, 0.2) is 23.8 Å². The Labute approximate surface area is 79.5 Å². The van der Waals surface area contributed by atoms with Crippen LogP contribution in [0.2, 0.25) is 0 Å². The van der Waals surface area contributed by atoms with Gasteiger partial charge in [0, 0.05) is 5.41 Å². The maximum absolute atomic E-state index is 11.5. The molecule has 0 aromatic carbocycles. The van der Waals surface area contributed by atoms with Crippen LogP contribution in [-0.4, -0.2) is 5.78 Å². The lowest BCUT2D eigenvalue weighted by atomic mass is 9.69. The summed E-state index contributed by atoms with van der Waals surface area (Å²) < 4.78 is 0. The van der Waals surface area contributed by atoms with Gasteiger partial charge in [0.1, 0.15) is 0 Å². The molecule has 2 rings (SSSR count). The molecule has 1 spiro atoms. The van der Waals surface area contributed by atoms with Gasteiger partial charge in [-0.15, -0.1) is 0 Å². The largest absolute Gasteiger partial charge is 0.295 e. The standard InChI is InChI=1S/C12H16O/c1-10(13)11-6-2-3-7-12(11)8-4-5-9-12/h4-6H,2-3,7-9H2,1H3. The average Bonchev–Trinajstić information content (AvgIpc) is 2.54. The first-order valence-electron chi connectivity index (χ1n) is 5.11. The summed E-state index contributed by atoms with van der Waals surface area (Å²) in [5, 5.41) is 0. The van der Waals surface area contributed by atoms with Crippen LogP contribution in [0.1, 0.15) is 39.0 Å². The molecule has 1 nitrogen and oxygen atoms in total. The Morgan fingerprint density at radius 2 is 2.08 bits per heavy atom. The number of ketones is 1. The van der Waals surface area contributed by atoms with E-state index in [0.29, 0.717) is 0 Å². The molecular weight excluding hydrogens is 160 g/mol. The first-order chi connectivity index (χ1) is 6.25. The lowest BCUT2D eigenvalue weighted by molar-refractivity contribution is -0.114. The molecule has 1 heteroatoms. The molecule has 0 aromatic heterocycles. The molecule has 13 heavy (non-hydrogen) atoms. The van der Waals surface area contributed by atoms with E-state index in [-0.39, 0.29) is 11.2 Å². The fourth-order valence-electron chi connectivity index (χ4n) is 2.68. The fraction of sp³-hybridized carbons (Fsp3) is 0.583. The summed E-state index contributed by atoms with van der Waals surface area (Å²) in [6, 6.07) is 0. The highest BCUT2D eigenvalue weighted by Crippen LogP contribution is 2.47. The molecule has 0 bridgehead atoms. The second-order valence-electron chi connectivity index (χ2n) is 4.23.